The minimum absolute atomic E-state index is 0.0447. The van der Waals surface area contributed by atoms with Crippen LogP contribution in [0.4, 0.5) is 4.79 Å². The number of carboxylic acids is 1. The standard InChI is InChI=1S/C31H41N5O9/c1-4-44-31(42)36-15-13-35(14-16-36)30(41)23(7-8-28(38)39)33-29(40)25-18-26(22-6-5-20(2)17-24(22)32-25)45-19-27(37)34-11-9-21(43-3)10-12-34/h5-6,17-18,21,23H,4,7-16,19H2,1-3H3,(H,33,40)(H,38,39). The first kappa shape index (κ1) is 33.4. The molecule has 1 unspecified atom stereocenters. The average Bonchev–Trinajstić information content (AvgIpc) is 3.04. The summed E-state index contributed by atoms with van der Waals surface area (Å²) in [5, 5.41) is 12.6. The molecule has 2 aliphatic rings. The molecule has 2 fully saturated rings. The van der Waals surface area contributed by atoms with Gasteiger partial charge in [-0.1, -0.05) is 6.07 Å². The van der Waals surface area contributed by atoms with E-state index in [-0.39, 0.29) is 75.7 Å². The summed E-state index contributed by atoms with van der Waals surface area (Å²) in [7, 11) is 1.66. The number of benzene rings is 1. The van der Waals surface area contributed by atoms with Gasteiger partial charge in [0.15, 0.2) is 6.61 Å². The number of amides is 4. The number of aromatic nitrogens is 1. The number of carboxylic acid groups (broad SMARTS) is 1. The lowest BCUT2D eigenvalue weighted by molar-refractivity contribution is -0.138. The summed E-state index contributed by atoms with van der Waals surface area (Å²) in [6.45, 7) is 5.63. The van der Waals surface area contributed by atoms with Gasteiger partial charge in [0.2, 0.25) is 5.91 Å². The maximum absolute atomic E-state index is 13.5. The van der Waals surface area contributed by atoms with E-state index < -0.39 is 29.9 Å². The normalized spacial score (nSPS) is 16.3. The van der Waals surface area contributed by atoms with Gasteiger partial charge in [-0.05, 0) is 50.8 Å². The lowest BCUT2D eigenvalue weighted by atomic mass is 10.1. The van der Waals surface area contributed by atoms with Crippen molar-refractivity contribution in [2.75, 3.05) is 59.6 Å². The number of nitrogens with one attached hydrogen (secondary N) is 1. The highest BCUT2D eigenvalue weighted by Crippen LogP contribution is 2.27. The first-order chi connectivity index (χ1) is 21.6. The van der Waals surface area contributed by atoms with E-state index in [0.29, 0.717) is 24.0 Å². The molecule has 0 spiro atoms. The van der Waals surface area contributed by atoms with Crippen LogP contribution in [0.1, 0.15) is 48.7 Å². The molecule has 0 aliphatic carbocycles. The third-order valence-electron chi connectivity index (χ3n) is 8.01. The van der Waals surface area contributed by atoms with Crippen molar-refractivity contribution in [3.05, 3.63) is 35.5 Å². The number of pyridine rings is 1. The van der Waals surface area contributed by atoms with Gasteiger partial charge in [0.1, 0.15) is 17.5 Å². The van der Waals surface area contributed by atoms with E-state index in [1.165, 1.54) is 15.9 Å². The number of nitrogens with zero attached hydrogens (tertiary/aromatic N) is 4. The molecule has 14 nitrogen and oxygen atoms in total. The van der Waals surface area contributed by atoms with Crippen LogP contribution in [0.15, 0.2) is 24.3 Å². The van der Waals surface area contributed by atoms with Gasteiger partial charge in [0, 0.05) is 64.3 Å². The minimum atomic E-state index is -1.14. The molecule has 0 bridgehead atoms. The zero-order valence-electron chi connectivity index (χ0n) is 26.0. The average molecular weight is 628 g/mol. The largest absolute Gasteiger partial charge is 0.483 e. The molecule has 14 heteroatoms. The molecule has 2 N–H and O–H groups in total. The Morgan fingerprint density at radius 2 is 1.69 bits per heavy atom. The second-order valence-corrected chi connectivity index (χ2v) is 11.1. The zero-order chi connectivity index (χ0) is 32.5. The monoisotopic (exact) mass is 627 g/mol. The summed E-state index contributed by atoms with van der Waals surface area (Å²) >= 11 is 0. The SMILES string of the molecule is CCOC(=O)N1CCN(C(=O)C(CCC(=O)O)NC(=O)c2cc(OCC(=O)N3CCC(OC)CC3)c3ccc(C)cc3n2)CC1. The molecular formula is C31H41N5O9. The van der Waals surface area contributed by atoms with E-state index >= 15 is 0 Å². The Balaban J connectivity index is 1.49. The van der Waals surface area contributed by atoms with E-state index in [4.69, 9.17) is 14.2 Å². The summed E-state index contributed by atoms with van der Waals surface area (Å²) in [5.74, 6) is -2.15. The molecule has 1 aromatic heterocycles. The highest BCUT2D eigenvalue weighted by atomic mass is 16.6. The molecule has 0 radical (unpaired) electrons. The number of rotatable bonds is 11. The number of piperidine rings is 1. The number of methoxy groups -OCH3 is 1. The Morgan fingerprint density at radius 1 is 1.00 bits per heavy atom. The van der Waals surface area contributed by atoms with Crippen molar-refractivity contribution >= 4 is 40.7 Å². The van der Waals surface area contributed by atoms with Crippen molar-refractivity contribution in [3.63, 3.8) is 0 Å². The van der Waals surface area contributed by atoms with E-state index in [9.17, 15) is 29.1 Å². The lowest BCUT2D eigenvalue weighted by Crippen LogP contribution is -2.56. The van der Waals surface area contributed by atoms with Crippen LogP contribution in [-0.2, 0) is 23.9 Å². The number of ether oxygens (including phenoxy) is 3. The number of aliphatic carboxylic acids is 1. The summed E-state index contributed by atoms with van der Waals surface area (Å²) in [6, 6.07) is 5.74. The van der Waals surface area contributed by atoms with Gasteiger partial charge in [0.05, 0.1) is 18.2 Å². The number of carbonyl (C=O) groups excluding carboxylic acids is 4. The number of carbonyl (C=O) groups is 5. The maximum Gasteiger partial charge on any atom is 0.409 e. The number of hydrogen-bond donors (Lipinski definition) is 2. The molecule has 0 saturated carbocycles. The number of fused-ring (bicyclic) bond motifs is 1. The van der Waals surface area contributed by atoms with Crippen LogP contribution in [0.5, 0.6) is 5.75 Å². The molecule has 244 valence electrons. The number of likely N-dealkylation sites (tertiary alicyclic amines) is 1. The van der Waals surface area contributed by atoms with Crippen LogP contribution in [0, 0.1) is 6.92 Å². The quantitative estimate of drug-likeness (QED) is 0.375. The second kappa shape index (κ2) is 15.5. The van der Waals surface area contributed by atoms with Crippen molar-refractivity contribution in [1.82, 2.24) is 25.0 Å². The Bertz CT molecular complexity index is 1400. The molecule has 4 rings (SSSR count). The number of piperazine rings is 1. The summed E-state index contributed by atoms with van der Waals surface area (Å²) in [6.07, 6.45) is 0.668. The van der Waals surface area contributed by atoms with Crippen LogP contribution >= 0.6 is 0 Å². The van der Waals surface area contributed by atoms with E-state index in [1.807, 2.05) is 13.0 Å². The zero-order valence-corrected chi connectivity index (χ0v) is 26.0. The summed E-state index contributed by atoms with van der Waals surface area (Å²) in [4.78, 5) is 72.5. The van der Waals surface area contributed by atoms with E-state index in [0.717, 1.165) is 18.4 Å². The van der Waals surface area contributed by atoms with E-state index in [1.54, 1.807) is 31.1 Å². The Labute approximate surface area is 261 Å². The molecule has 1 atom stereocenters. The van der Waals surface area contributed by atoms with Gasteiger partial charge in [-0.2, -0.15) is 0 Å². The first-order valence-electron chi connectivity index (χ1n) is 15.2. The Morgan fingerprint density at radius 3 is 2.33 bits per heavy atom. The van der Waals surface area contributed by atoms with Crippen molar-refractivity contribution in [1.29, 1.82) is 0 Å². The predicted molar refractivity (Wildman–Crippen MR) is 162 cm³/mol. The van der Waals surface area contributed by atoms with Gasteiger partial charge < -0.3 is 39.3 Å². The van der Waals surface area contributed by atoms with Crippen LogP contribution < -0.4 is 10.1 Å². The smallest absolute Gasteiger partial charge is 0.409 e. The summed E-state index contributed by atoms with van der Waals surface area (Å²) in [5.41, 5.74) is 1.32. The van der Waals surface area contributed by atoms with Crippen LogP contribution in [0.25, 0.3) is 10.9 Å². The van der Waals surface area contributed by atoms with Gasteiger partial charge >= 0.3 is 12.1 Å². The van der Waals surface area contributed by atoms with Crippen LogP contribution in [0.3, 0.4) is 0 Å². The third kappa shape index (κ3) is 8.81. The molecule has 2 aliphatic heterocycles. The van der Waals surface area contributed by atoms with Crippen LogP contribution in [-0.4, -0.2) is 126 Å². The maximum atomic E-state index is 13.5. The molecule has 2 saturated heterocycles. The van der Waals surface area contributed by atoms with Crippen molar-refractivity contribution in [3.8, 4) is 5.75 Å². The van der Waals surface area contributed by atoms with Gasteiger partial charge in [-0.15, -0.1) is 0 Å². The topological polar surface area (TPSA) is 168 Å². The minimum Gasteiger partial charge on any atom is -0.483 e. The molecule has 4 amide bonds. The molecule has 45 heavy (non-hydrogen) atoms. The van der Waals surface area contributed by atoms with Crippen molar-refractivity contribution in [2.45, 2.75) is 51.7 Å². The number of hydrogen-bond acceptors (Lipinski definition) is 9. The van der Waals surface area contributed by atoms with Gasteiger partial charge in [0.25, 0.3) is 11.8 Å². The molecular weight excluding hydrogens is 586 g/mol. The first-order valence-corrected chi connectivity index (χ1v) is 15.2. The van der Waals surface area contributed by atoms with Crippen LogP contribution in [0.2, 0.25) is 0 Å². The fourth-order valence-corrected chi connectivity index (χ4v) is 5.42. The van der Waals surface area contributed by atoms with E-state index in [2.05, 4.69) is 10.3 Å². The lowest BCUT2D eigenvalue weighted by Gasteiger charge is -2.35. The molecule has 1 aromatic carbocycles. The highest BCUT2D eigenvalue weighted by molar-refractivity contribution is 5.99. The van der Waals surface area contributed by atoms with Gasteiger partial charge in [-0.3, -0.25) is 19.2 Å². The second-order valence-electron chi connectivity index (χ2n) is 11.1. The molecule has 2 aromatic rings. The van der Waals surface area contributed by atoms with Gasteiger partial charge in [-0.25, -0.2) is 9.78 Å². The molecule has 3 heterocycles. The fraction of sp³-hybridized carbons (Fsp3) is 0.548. The third-order valence-corrected chi connectivity index (χ3v) is 8.01. The van der Waals surface area contributed by atoms with Crippen molar-refractivity contribution < 1.29 is 43.3 Å². The fourth-order valence-electron chi connectivity index (χ4n) is 5.42. The Kier molecular flexibility index (Phi) is 11.5. The highest BCUT2D eigenvalue weighted by Gasteiger charge is 2.31. The predicted octanol–water partition coefficient (Wildman–Crippen LogP) is 1.82. The van der Waals surface area contributed by atoms with Crippen molar-refractivity contribution in [2.24, 2.45) is 0 Å². The summed E-state index contributed by atoms with van der Waals surface area (Å²) < 4.78 is 16.4. The Hall–Kier alpha value is -4.46. The number of aryl methyl sites for hydroxylation is 1.